The van der Waals surface area contributed by atoms with Crippen LogP contribution in [0.3, 0.4) is 0 Å². The SMILES string of the molecule is CC(O)CCCc1ccc(F)c(F)c1. The Kier molecular flexibility index (Phi) is 4.01. The van der Waals surface area contributed by atoms with E-state index in [1.54, 1.807) is 13.0 Å². The number of aryl methyl sites for hydroxylation is 1. The van der Waals surface area contributed by atoms with Gasteiger partial charge in [-0.2, -0.15) is 0 Å². The molecule has 0 heterocycles. The van der Waals surface area contributed by atoms with Gasteiger partial charge in [-0.1, -0.05) is 6.07 Å². The summed E-state index contributed by atoms with van der Waals surface area (Å²) in [7, 11) is 0. The molecule has 0 amide bonds. The van der Waals surface area contributed by atoms with E-state index in [0.29, 0.717) is 12.8 Å². The van der Waals surface area contributed by atoms with E-state index < -0.39 is 11.6 Å². The minimum Gasteiger partial charge on any atom is -0.393 e. The van der Waals surface area contributed by atoms with Crippen molar-refractivity contribution in [2.45, 2.75) is 32.3 Å². The lowest BCUT2D eigenvalue weighted by Gasteiger charge is -2.04. The third-order valence-corrected chi connectivity index (χ3v) is 2.07. The maximum Gasteiger partial charge on any atom is 0.159 e. The van der Waals surface area contributed by atoms with E-state index in [0.717, 1.165) is 18.1 Å². The van der Waals surface area contributed by atoms with Crippen LogP contribution in [0.4, 0.5) is 8.78 Å². The molecule has 0 aromatic heterocycles. The van der Waals surface area contributed by atoms with Gasteiger partial charge in [-0.05, 0) is 43.9 Å². The molecule has 1 nitrogen and oxygen atoms in total. The number of hydrogen-bond acceptors (Lipinski definition) is 1. The van der Waals surface area contributed by atoms with Crippen LogP contribution >= 0.6 is 0 Å². The first kappa shape index (κ1) is 11.1. The zero-order valence-corrected chi connectivity index (χ0v) is 8.13. The molecule has 0 saturated heterocycles. The highest BCUT2D eigenvalue weighted by atomic mass is 19.2. The van der Waals surface area contributed by atoms with Crippen molar-refractivity contribution < 1.29 is 13.9 Å². The van der Waals surface area contributed by atoms with Crippen LogP contribution in [-0.2, 0) is 6.42 Å². The molecule has 0 aliphatic carbocycles. The summed E-state index contributed by atoms with van der Waals surface area (Å²) in [5.41, 5.74) is 0.768. The van der Waals surface area contributed by atoms with Crippen LogP contribution in [0.15, 0.2) is 18.2 Å². The molecule has 14 heavy (non-hydrogen) atoms. The van der Waals surface area contributed by atoms with Gasteiger partial charge < -0.3 is 5.11 Å². The van der Waals surface area contributed by atoms with Gasteiger partial charge >= 0.3 is 0 Å². The Morgan fingerprint density at radius 2 is 2.00 bits per heavy atom. The van der Waals surface area contributed by atoms with Crippen molar-refractivity contribution in [2.24, 2.45) is 0 Å². The molecular weight excluding hydrogens is 186 g/mol. The highest BCUT2D eigenvalue weighted by Gasteiger charge is 2.02. The van der Waals surface area contributed by atoms with Gasteiger partial charge in [-0.25, -0.2) is 8.78 Å². The van der Waals surface area contributed by atoms with Crippen LogP contribution in [0.25, 0.3) is 0 Å². The minimum atomic E-state index is -0.815. The quantitative estimate of drug-likeness (QED) is 0.792. The van der Waals surface area contributed by atoms with Crippen LogP contribution in [0, 0.1) is 11.6 Å². The molecule has 0 saturated carbocycles. The number of aliphatic hydroxyl groups is 1. The van der Waals surface area contributed by atoms with Crippen molar-refractivity contribution in [3.8, 4) is 0 Å². The lowest BCUT2D eigenvalue weighted by Crippen LogP contribution is -2.00. The molecule has 1 atom stereocenters. The molecular formula is C11H14F2O. The minimum absolute atomic E-state index is 0.333. The first-order valence-corrected chi connectivity index (χ1v) is 4.71. The summed E-state index contributed by atoms with van der Waals surface area (Å²) in [6, 6.07) is 3.91. The van der Waals surface area contributed by atoms with E-state index in [1.165, 1.54) is 6.07 Å². The fourth-order valence-electron chi connectivity index (χ4n) is 1.30. The molecule has 0 spiro atoms. The van der Waals surface area contributed by atoms with Crippen molar-refractivity contribution in [1.29, 1.82) is 0 Å². The summed E-state index contributed by atoms with van der Waals surface area (Å²) in [4.78, 5) is 0. The van der Waals surface area contributed by atoms with Gasteiger partial charge in [-0.15, -0.1) is 0 Å². The third kappa shape index (κ3) is 3.42. The van der Waals surface area contributed by atoms with E-state index in [-0.39, 0.29) is 6.10 Å². The van der Waals surface area contributed by atoms with Gasteiger partial charge in [0.05, 0.1) is 6.10 Å². The lowest BCUT2D eigenvalue weighted by atomic mass is 10.1. The third-order valence-electron chi connectivity index (χ3n) is 2.07. The zero-order chi connectivity index (χ0) is 10.6. The molecule has 1 aromatic rings. The van der Waals surface area contributed by atoms with Gasteiger partial charge in [0.2, 0.25) is 0 Å². The van der Waals surface area contributed by atoms with Crippen molar-refractivity contribution in [1.82, 2.24) is 0 Å². The van der Waals surface area contributed by atoms with E-state index in [2.05, 4.69) is 0 Å². The van der Waals surface area contributed by atoms with Crippen LogP contribution in [0.1, 0.15) is 25.3 Å². The Morgan fingerprint density at radius 1 is 1.29 bits per heavy atom. The second kappa shape index (κ2) is 5.05. The molecule has 1 rings (SSSR count). The fourth-order valence-corrected chi connectivity index (χ4v) is 1.30. The summed E-state index contributed by atoms with van der Waals surface area (Å²) in [5.74, 6) is -1.62. The molecule has 0 bridgehead atoms. The summed E-state index contributed by atoms with van der Waals surface area (Å²) in [5, 5.41) is 9.00. The Hall–Kier alpha value is -0.960. The maximum absolute atomic E-state index is 12.7. The Morgan fingerprint density at radius 3 is 2.57 bits per heavy atom. The monoisotopic (exact) mass is 200 g/mol. The molecule has 1 N–H and O–H groups in total. The van der Waals surface area contributed by atoms with Crippen LogP contribution < -0.4 is 0 Å². The largest absolute Gasteiger partial charge is 0.393 e. The summed E-state index contributed by atoms with van der Waals surface area (Å²) < 4.78 is 25.3. The number of aliphatic hydroxyl groups excluding tert-OH is 1. The van der Waals surface area contributed by atoms with Crippen molar-refractivity contribution in [2.75, 3.05) is 0 Å². The van der Waals surface area contributed by atoms with Gasteiger partial charge in [0.15, 0.2) is 11.6 Å². The molecule has 78 valence electrons. The highest BCUT2D eigenvalue weighted by Crippen LogP contribution is 2.11. The topological polar surface area (TPSA) is 20.2 Å². The van der Waals surface area contributed by atoms with Crippen LogP contribution in [0.5, 0.6) is 0 Å². The normalized spacial score (nSPS) is 12.9. The smallest absolute Gasteiger partial charge is 0.159 e. The van der Waals surface area contributed by atoms with Gasteiger partial charge in [0.25, 0.3) is 0 Å². The van der Waals surface area contributed by atoms with Crippen molar-refractivity contribution >= 4 is 0 Å². The van der Waals surface area contributed by atoms with Gasteiger partial charge in [-0.3, -0.25) is 0 Å². The van der Waals surface area contributed by atoms with Crippen LogP contribution in [0.2, 0.25) is 0 Å². The van der Waals surface area contributed by atoms with E-state index in [1.807, 2.05) is 0 Å². The predicted octanol–water partition coefficient (Wildman–Crippen LogP) is 2.67. The number of halogens is 2. The summed E-state index contributed by atoms with van der Waals surface area (Å²) in [6.45, 7) is 1.71. The standard InChI is InChI=1S/C11H14F2O/c1-8(14)3-2-4-9-5-6-10(12)11(13)7-9/h5-8,14H,2-4H2,1H3. The zero-order valence-electron chi connectivity index (χ0n) is 8.13. The maximum atomic E-state index is 12.7. The lowest BCUT2D eigenvalue weighted by molar-refractivity contribution is 0.181. The highest BCUT2D eigenvalue weighted by molar-refractivity contribution is 5.17. The first-order chi connectivity index (χ1) is 6.59. The van der Waals surface area contributed by atoms with Crippen LogP contribution in [-0.4, -0.2) is 11.2 Å². The Balaban J connectivity index is 2.47. The summed E-state index contributed by atoms with van der Waals surface area (Å²) >= 11 is 0. The number of rotatable bonds is 4. The number of benzene rings is 1. The van der Waals surface area contributed by atoms with Gasteiger partial charge in [0.1, 0.15) is 0 Å². The first-order valence-electron chi connectivity index (χ1n) is 4.71. The van der Waals surface area contributed by atoms with Crippen molar-refractivity contribution in [3.05, 3.63) is 35.4 Å². The average Bonchev–Trinajstić information content (AvgIpc) is 2.10. The van der Waals surface area contributed by atoms with E-state index in [9.17, 15) is 8.78 Å². The molecule has 3 heteroatoms. The summed E-state index contributed by atoms with van der Waals surface area (Å²) in [6.07, 6.45) is 1.80. The Labute approximate surface area is 82.4 Å². The second-order valence-electron chi connectivity index (χ2n) is 3.49. The molecule has 0 fully saturated rings. The molecule has 1 unspecified atom stereocenters. The number of hydrogen-bond donors (Lipinski definition) is 1. The molecule has 0 aliphatic rings. The van der Waals surface area contributed by atoms with Gasteiger partial charge in [0, 0.05) is 0 Å². The second-order valence-corrected chi connectivity index (χ2v) is 3.49. The molecule has 0 radical (unpaired) electrons. The molecule has 0 aliphatic heterocycles. The van der Waals surface area contributed by atoms with E-state index in [4.69, 9.17) is 5.11 Å². The fraction of sp³-hybridized carbons (Fsp3) is 0.455. The van der Waals surface area contributed by atoms with E-state index >= 15 is 0 Å². The molecule has 1 aromatic carbocycles. The Bertz CT molecular complexity index is 297. The van der Waals surface area contributed by atoms with Crippen molar-refractivity contribution in [3.63, 3.8) is 0 Å². The average molecular weight is 200 g/mol. The predicted molar refractivity (Wildman–Crippen MR) is 51.0 cm³/mol.